The van der Waals surface area contributed by atoms with Gasteiger partial charge in [0, 0.05) is 13.1 Å². The molecule has 0 spiro atoms. The smallest absolute Gasteiger partial charge is 0.270 e. The fraction of sp³-hybridized carbons (Fsp3) is 0.143. The summed E-state index contributed by atoms with van der Waals surface area (Å²) in [5.41, 5.74) is 13.0. The second-order valence-corrected chi connectivity index (χ2v) is 9.35. The average molecular weight is 548 g/mol. The van der Waals surface area contributed by atoms with Crippen LogP contribution in [0.15, 0.2) is 78.9 Å². The van der Waals surface area contributed by atoms with Crippen LogP contribution < -0.4 is 21.5 Å². The number of primary amides is 1. The van der Waals surface area contributed by atoms with E-state index < -0.39 is 29.6 Å². The second kappa shape index (κ2) is 12.2. The van der Waals surface area contributed by atoms with Crippen molar-refractivity contribution in [2.24, 2.45) is 5.73 Å². The number of carbonyl (C=O) groups is 3. The van der Waals surface area contributed by atoms with E-state index in [1.54, 1.807) is 24.3 Å². The number of nitrogen functional groups attached to an aromatic ring is 1. The van der Waals surface area contributed by atoms with E-state index in [1.165, 1.54) is 36.3 Å². The van der Waals surface area contributed by atoms with Gasteiger partial charge in [-0.3, -0.25) is 14.4 Å². The van der Waals surface area contributed by atoms with Gasteiger partial charge in [0.15, 0.2) is 5.69 Å². The fourth-order valence-corrected chi connectivity index (χ4v) is 4.73. The van der Waals surface area contributed by atoms with Crippen LogP contribution in [0.2, 0.25) is 0 Å². The van der Waals surface area contributed by atoms with E-state index in [0.29, 0.717) is 28.4 Å². The van der Waals surface area contributed by atoms with Crippen LogP contribution in [-0.2, 0) is 17.9 Å². The summed E-state index contributed by atoms with van der Waals surface area (Å²) in [4.78, 5) is 40.8. The zero-order chi connectivity index (χ0) is 27.9. The third-order valence-electron chi connectivity index (χ3n) is 5.98. The van der Waals surface area contributed by atoms with Gasteiger partial charge in [-0.25, -0.2) is 4.39 Å². The van der Waals surface area contributed by atoms with Crippen LogP contribution in [0.3, 0.4) is 0 Å². The molecular formula is C28H26FN5O4S. The molecule has 0 saturated carbocycles. The van der Waals surface area contributed by atoms with Crippen LogP contribution >= 0.6 is 11.5 Å². The Morgan fingerprint density at radius 3 is 2.26 bits per heavy atom. The van der Waals surface area contributed by atoms with E-state index in [0.717, 1.165) is 5.56 Å². The van der Waals surface area contributed by atoms with Gasteiger partial charge >= 0.3 is 0 Å². The first kappa shape index (κ1) is 27.3. The van der Waals surface area contributed by atoms with E-state index in [2.05, 4.69) is 9.69 Å². The summed E-state index contributed by atoms with van der Waals surface area (Å²) in [5, 5.41) is 2.90. The predicted octanol–water partition coefficient (Wildman–Crippen LogP) is 3.67. The molecule has 3 amide bonds. The lowest BCUT2D eigenvalue weighted by Crippen LogP contribution is -2.43. The van der Waals surface area contributed by atoms with Crippen LogP contribution in [0.25, 0.3) is 0 Å². The number of anilines is 1. The Bertz CT molecular complexity index is 1460. The molecular weight excluding hydrogens is 521 g/mol. The number of hydrogen-bond donors (Lipinski definition) is 3. The molecule has 1 atom stereocenters. The van der Waals surface area contributed by atoms with Crippen LogP contribution in [0, 0.1) is 5.82 Å². The highest BCUT2D eigenvalue weighted by Crippen LogP contribution is 2.31. The highest BCUT2D eigenvalue weighted by atomic mass is 32.1. The molecule has 0 fully saturated rings. The topological polar surface area (TPSA) is 141 Å². The molecule has 1 aromatic heterocycles. The van der Waals surface area contributed by atoms with Crippen LogP contribution in [0.1, 0.15) is 42.9 Å². The maximum atomic E-state index is 14.0. The first-order valence-corrected chi connectivity index (χ1v) is 12.6. The minimum Gasteiger partial charge on any atom is -0.497 e. The monoisotopic (exact) mass is 547 g/mol. The Morgan fingerprint density at radius 1 is 1.00 bits per heavy atom. The number of nitrogens with two attached hydrogens (primary N) is 2. The predicted molar refractivity (Wildman–Crippen MR) is 145 cm³/mol. The molecule has 0 radical (unpaired) electrons. The summed E-state index contributed by atoms with van der Waals surface area (Å²) < 4.78 is 22.8. The van der Waals surface area contributed by atoms with Crippen LogP contribution in [0.5, 0.6) is 5.75 Å². The van der Waals surface area contributed by atoms with E-state index in [1.807, 2.05) is 30.3 Å². The molecule has 0 unspecified atom stereocenters. The van der Waals surface area contributed by atoms with Gasteiger partial charge in [0.1, 0.15) is 22.5 Å². The molecule has 9 nitrogen and oxygen atoms in total. The van der Waals surface area contributed by atoms with Crippen molar-refractivity contribution in [1.82, 2.24) is 14.6 Å². The number of nitrogens with one attached hydrogen (secondary N) is 1. The minimum atomic E-state index is -1.13. The van der Waals surface area contributed by atoms with Crippen molar-refractivity contribution in [3.8, 4) is 5.75 Å². The SMILES string of the molecule is COc1ccc([C@@H](C(=O)NCc2ccccc2)N(Cc2ccc(F)cc2)C(=O)c2snc(C(N)=O)c2N)cc1. The van der Waals surface area contributed by atoms with Gasteiger partial charge in [-0.15, -0.1) is 0 Å². The minimum absolute atomic E-state index is 0.0414. The quantitative estimate of drug-likeness (QED) is 0.277. The van der Waals surface area contributed by atoms with Crippen molar-refractivity contribution in [3.63, 3.8) is 0 Å². The number of halogens is 1. The maximum Gasteiger partial charge on any atom is 0.270 e. The molecule has 11 heteroatoms. The summed E-state index contributed by atoms with van der Waals surface area (Å²) in [6.45, 7) is 0.150. The molecule has 0 aliphatic heterocycles. The van der Waals surface area contributed by atoms with Crippen molar-refractivity contribution in [1.29, 1.82) is 0 Å². The first-order valence-electron chi connectivity index (χ1n) is 11.8. The Hall–Kier alpha value is -4.77. The summed E-state index contributed by atoms with van der Waals surface area (Å²) in [6, 6.07) is 20.5. The number of aromatic nitrogens is 1. The molecule has 0 bridgehead atoms. The number of methoxy groups -OCH3 is 1. The Balaban J connectivity index is 1.78. The number of hydrogen-bond acceptors (Lipinski definition) is 7. The molecule has 0 aliphatic carbocycles. The summed E-state index contributed by atoms with van der Waals surface area (Å²) in [7, 11) is 1.52. The fourth-order valence-electron chi connectivity index (χ4n) is 3.97. The zero-order valence-corrected chi connectivity index (χ0v) is 21.8. The van der Waals surface area contributed by atoms with Gasteiger partial charge in [0.05, 0.1) is 12.8 Å². The Labute approximate surface area is 228 Å². The highest BCUT2D eigenvalue weighted by molar-refractivity contribution is 7.09. The van der Waals surface area contributed by atoms with Crippen LogP contribution in [0.4, 0.5) is 10.1 Å². The molecule has 0 aliphatic rings. The van der Waals surface area contributed by atoms with Crippen molar-refractivity contribution in [3.05, 3.63) is 112 Å². The van der Waals surface area contributed by atoms with E-state index in [9.17, 15) is 18.8 Å². The number of carbonyl (C=O) groups excluding carboxylic acids is 3. The lowest BCUT2D eigenvalue weighted by atomic mass is 10.0. The first-order chi connectivity index (χ1) is 18.8. The molecule has 0 saturated heterocycles. The molecule has 1 heterocycles. The van der Waals surface area contributed by atoms with Gasteiger partial charge in [0.2, 0.25) is 5.91 Å². The highest BCUT2D eigenvalue weighted by Gasteiger charge is 2.35. The summed E-state index contributed by atoms with van der Waals surface area (Å²) >= 11 is 0.716. The van der Waals surface area contributed by atoms with Gasteiger partial charge in [-0.05, 0) is 52.5 Å². The van der Waals surface area contributed by atoms with Gasteiger partial charge < -0.3 is 26.4 Å². The lowest BCUT2D eigenvalue weighted by Gasteiger charge is -2.31. The third-order valence-corrected chi connectivity index (χ3v) is 6.83. The van der Waals surface area contributed by atoms with Crippen LogP contribution in [-0.4, -0.2) is 34.1 Å². The van der Waals surface area contributed by atoms with Gasteiger partial charge in [0.25, 0.3) is 11.8 Å². The zero-order valence-electron chi connectivity index (χ0n) is 21.0. The number of benzene rings is 3. The molecule has 200 valence electrons. The molecule has 4 aromatic rings. The molecule has 5 N–H and O–H groups in total. The van der Waals surface area contributed by atoms with E-state index >= 15 is 0 Å². The maximum absolute atomic E-state index is 14.0. The average Bonchev–Trinajstić information content (AvgIpc) is 3.34. The largest absolute Gasteiger partial charge is 0.497 e. The second-order valence-electron chi connectivity index (χ2n) is 8.58. The number of amides is 3. The molecule has 3 aromatic carbocycles. The Morgan fingerprint density at radius 2 is 1.67 bits per heavy atom. The Kier molecular flexibility index (Phi) is 8.52. The van der Waals surface area contributed by atoms with Crippen molar-refractivity contribution in [2.45, 2.75) is 19.1 Å². The summed E-state index contributed by atoms with van der Waals surface area (Å²) in [6.07, 6.45) is 0. The van der Waals surface area contributed by atoms with E-state index in [4.69, 9.17) is 16.2 Å². The number of rotatable bonds is 10. The van der Waals surface area contributed by atoms with Crippen molar-refractivity contribution in [2.75, 3.05) is 12.8 Å². The molecule has 4 rings (SSSR count). The van der Waals surface area contributed by atoms with Crippen molar-refractivity contribution >= 4 is 34.9 Å². The standard InChI is InChI=1S/C28H26FN5O4S/c1-38-21-13-9-19(10-14-21)24(27(36)32-15-17-5-3-2-4-6-17)34(16-18-7-11-20(29)12-8-18)28(37)25-22(30)23(26(31)35)33-39-25/h2-14,24H,15-16,30H2,1H3,(H2,31,35)(H,32,36)/t24-/m0/s1. The molecule has 39 heavy (non-hydrogen) atoms. The lowest BCUT2D eigenvalue weighted by molar-refractivity contribution is -0.126. The van der Waals surface area contributed by atoms with Gasteiger partial charge in [-0.1, -0.05) is 54.6 Å². The van der Waals surface area contributed by atoms with Gasteiger partial charge in [-0.2, -0.15) is 4.37 Å². The number of ether oxygens (including phenoxy) is 1. The third kappa shape index (κ3) is 6.39. The van der Waals surface area contributed by atoms with E-state index in [-0.39, 0.29) is 29.3 Å². The van der Waals surface area contributed by atoms with Crippen molar-refractivity contribution < 1.29 is 23.5 Å². The number of nitrogens with zero attached hydrogens (tertiary/aromatic N) is 2. The summed E-state index contributed by atoms with van der Waals surface area (Å²) in [5.74, 6) is -1.85. The normalized spacial score (nSPS) is 11.4.